The molecule has 0 heterocycles. The number of hydrogen-bond donors (Lipinski definition) is 3. The molecule has 0 saturated carbocycles. The van der Waals surface area contributed by atoms with Gasteiger partial charge in [0.05, 0.1) is 24.9 Å². The standard InChI is InChI=1S/C34H57NO3Si/c1-5-6-7-8-9-10-11-12-13-14-15-22-27-32(36)33(37)31(35)28-38-39(34(2,3)4,29-23-18-16-19-24-29)30-25-20-17-21-26-30/h16-21,23-26,31-33,36-37H,5-15,22,27-28,35H2,1-4H3/t31-,32-,33-/m1/s1. The lowest BCUT2D eigenvalue weighted by atomic mass is 10.00. The van der Waals surface area contributed by atoms with Crippen molar-refractivity contribution in [2.24, 2.45) is 5.73 Å². The molecule has 0 bridgehead atoms. The van der Waals surface area contributed by atoms with Gasteiger partial charge in [-0.25, -0.2) is 0 Å². The zero-order chi connectivity index (χ0) is 28.6. The van der Waals surface area contributed by atoms with Crippen molar-refractivity contribution in [3.63, 3.8) is 0 Å². The Hall–Kier alpha value is -1.50. The van der Waals surface area contributed by atoms with Gasteiger partial charge in [0.15, 0.2) is 0 Å². The normalized spacial score (nSPS) is 14.7. The fourth-order valence-corrected chi connectivity index (χ4v) is 10.3. The van der Waals surface area contributed by atoms with Gasteiger partial charge in [0, 0.05) is 0 Å². The van der Waals surface area contributed by atoms with Crippen LogP contribution in [-0.2, 0) is 4.43 Å². The molecule has 3 atom stereocenters. The van der Waals surface area contributed by atoms with Crippen LogP contribution in [-0.4, -0.2) is 43.4 Å². The van der Waals surface area contributed by atoms with Crippen LogP contribution in [0.1, 0.15) is 111 Å². The molecule has 0 spiro atoms. The Morgan fingerprint density at radius 3 is 1.51 bits per heavy atom. The molecule has 39 heavy (non-hydrogen) atoms. The minimum Gasteiger partial charge on any atom is -0.406 e. The molecule has 0 aromatic heterocycles. The molecule has 0 saturated heterocycles. The molecule has 2 rings (SSSR count). The first-order valence-electron chi connectivity index (χ1n) is 15.6. The summed E-state index contributed by atoms with van der Waals surface area (Å²) in [4.78, 5) is 0. The summed E-state index contributed by atoms with van der Waals surface area (Å²) in [6.07, 6.45) is 14.1. The summed E-state index contributed by atoms with van der Waals surface area (Å²) < 4.78 is 6.86. The topological polar surface area (TPSA) is 75.7 Å². The summed E-state index contributed by atoms with van der Waals surface area (Å²) in [6, 6.07) is 20.2. The molecule has 0 amide bonds. The first kappa shape index (κ1) is 33.7. The van der Waals surface area contributed by atoms with E-state index in [1.165, 1.54) is 74.6 Å². The van der Waals surface area contributed by atoms with Gasteiger partial charge in [-0.3, -0.25) is 0 Å². The Morgan fingerprint density at radius 2 is 1.10 bits per heavy atom. The molecule has 0 radical (unpaired) electrons. The molecule has 2 aromatic carbocycles. The second-order valence-corrected chi connectivity index (χ2v) is 16.7. The number of rotatable bonds is 20. The van der Waals surface area contributed by atoms with E-state index >= 15 is 0 Å². The van der Waals surface area contributed by atoms with Crippen LogP contribution in [0.2, 0.25) is 5.04 Å². The Morgan fingerprint density at radius 1 is 0.692 bits per heavy atom. The van der Waals surface area contributed by atoms with Crippen molar-refractivity contribution in [2.75, 3.05) is 6.61 Å². The highest BCUT2D eigenvalue weighted by atomic mass is 28.4. The van der Waals surface area contributed by atoms with Crippen LogP contribution in [0.15, 0.2) is 60.7 Å². The lowest BCUT2D eigenvalue weighted by Gasteiger charge is -2.43. The fraction of sp³-hybridized carbons (Fsp3) is 0.647. The molecule has 2 aromatic rings. The van der Waals surface area contributed by atoms with Gasteiger partial charge in [-0.2, -0.15) is 0 Å². The van der Waals surface area contributed by atoms with Crippen molar-refractivity contribution in [3.8, 4) is 0 Å². The molecule has 0 aliphatic heterocycles. The molecule has 5 heteroatoms. The summed E-state index contributed by atoms with van der Waals surface area (Å²) >= 11 is 0. The molecule has 0 fully saturated rings. The quantitative estimate of drug-likeness (QED) is 0.125. The minimum absolute atomic E-state index is 0.159. The van der Waals surface area contributed by atoms with E-state index in [9.17, 15) is 10.2 Å². The summed E-state index contributed by atoms with van der Waals surface area (Å²) in [5, 5.41) is 23.8. The van der Waals surface area contributed by atoms with E-state index in [4.69, 9.17) is 10.2 Å². The van der Waals surface area contributed by atoms with Crippen molar-refractivity contribution in [3.05, 3.63) is 60.7 Å². The molecule has 0 unspecified atom stereocenters. The van der Waals surface area contributed by atoms with Gasteiger partial charge in [-0.05, 0) is 21.8 Å². The van der Waals surface area contributed by atoms with Gasteiger partial charge in [0.25, 0.3) is 8.32 Å². The highest BCUT2D eigenvalue weighted by molar-refractivity contribution is 6.99. The Labute approximate surface area is 240 Å². The van der Waals surface area contributed by atoms with Crippen molar-refractivity contribution < 1.29 is 14.6 Å². The lowest BCUT2D eigenvalue weighted by molar-refractivity contribution is -0.0107. The van der Waals surface area contributed by atoms with Gasteiger partial charge >= 0.3 is 0 Å². The predicted octanol–water partition coefficient (Wildman–Crippen LogP) is 6.70. The van der Waals surface area contributed by atoms with E-state index in [0.717, 1.165) is 12.8 Å². The van der Waals surface area contributed by atoms with Gasteiger partial charge in [0.2, 0.25) is 0 Å². The van der Waals surface area contributed by atoms with Crippen molar-refractivity contribution >= 4 is 18.7 Å². The average molecular weight is 556 g/mol. The van der Waals surface area contributed by atoms with Crippen LogP contribution >= 0.6 is 0 Å². The zero-order valence-electron chi connectivity index (χ0n) is 25.3. The molecular formula is C34H57NO3Si. The fourth-order valence-electron chi connectivity index (χ4n) is 5.73. The van der Waals surface area contributed by atoms with E-state index < -0.39 is 26.6 Å². The first-order valence-corrected chi connectivity index (χ1v) is 17.5. The van der Waals surface area contributed by atoms with E-state index in [1.807, 2.05) is 12.1 Å². The van der Waals surface area contributed by atoms with Crippen LogP contribution < -0.4 is 16.1 Å². The monoisotopic (exact) mass is 555 g/mol. The van der Waals surface area contributed by atoms with Gasteiger partial charge in [-0.1, -0.05) is 165 Å². The largest absolute Gasteiger partial charge is 0.406 e. The van der Waals surface area contributed by atoms with Gasteiger partial charge in [-0.15, -0.1) is 0 Å². The summed E-state index contributed by atoms with van der Waals surface area (Å²) in [6.45, 7) is 9.14. The second-order valence-electron chi connectivity index (χ2n) is 12.4. The van der Waals surface area contributed by atoms with Gasteiger partial charge < -0.3 is 20.4 Å². The molecule has 220 valence electrons. The molecule has 0 aliphatic carbocycles. The number of nitrogens with two attached hydrogens (primary N) is 1. The molecular weight excluding hydrogens is 498 g/mol. The SMILES string of the molecule is CCCCCCCCCCCCCC[C@@H](O)[C@H](O)[C@H](N)CO[Si](c1ccccc1)(c1ccccc1)C(C)(C)C. The summed E-state index contributed by atoms with van der Waals surface area (Å²) in [5.74, 6) is 0. The number of aliphatic hydroxyl groups is 2. The number of hydrogen-bond acceptors (Lipinski definition) is 4. The van der Waals surface area contributed by atoms with Crippen LogP contribution in [0.25, 0.3) is 0 Å². The molecule has 0 aliphatic rings. The number of unbranched alkanes of at least 4 members (excludes halogenated alkanes) is 11. The Kier molecular flexibility index (Phi) is 15.6. The maximum Gasteiger partial charge on any atom is 0.261 e. The highest BCUT2D eigenvalue weighted by Crippen LogP contribution is 2.36. The van der Waals surface area contributed by atoms with Crippen LogP contribution in [0.5, 0.6) is 0 Å². The van der Waals surface area contributed by atoms with Crippen molar-refractivity contribution in [2.45, 2.75) is 134 Å². The van der Waals surface area contributed by atoms with E-state index in [0.29, 0.717) is 6.42 Å². The third-order valence-electron chi connectivity index (χ3n) is 8.10. The van der Waals surface area contributed by atoms with Gasteiger partial charge in [0.1, 0.15) is 0 Å². The summed E-state index contributed by atoms with van der Waals surface area (Å²) in [5.41, 5.74) is 6.45. The maximum atomic E-state index is 10.9. The first-order chi connectivity index (χ1) is 18.7. The zero-order valence-corrected chi connectivity index (χ0v) is 26.3. The van der Waals surface area contributed by atoms with E-state index in [2.05, 4.69) is 76.2 Å². The summed E-state index contributed by atoms with van der Waals surface area (Å²) in [7, 11) is -2.72. The Balaban J connectivity index is 1.83. The lowest BCUT2D eigenvalue weighted by Crippen LogP contribution is -2.67. The third-order valence-corrected chi connectivity index (χ3v) is 13.1. The number of benzene rings is 2. The van der Waals surface area contributed by atoms with Crippen LogP contribution in [0.4, 0.5) is 0 Å². The van der Waals surface area contributed by atoms with Crippen molar-refractivity contribution in [1.82, 2.24) is 0 Å². The second kappa shape index (κ2) is 18.0. The minimum atomic E-state index is -2.72. The molecule has 4 N–H and O–H groups in total. The van der Waals surface area contributed by atoms with Crippen LogP contribution in [0.3, 0.4) is 0 Å². The maximum absolute atomic E-state index is 10.9. The smallest absolute Gasteiger partial charge is 0.261 e. The molecule has 4 nitrogen and oxygen atoms in total. The Bertz CT molecular complexity index is 832. The predicted molar refractivity (Wildman–Crippen MR) is 169 cm³/mol. The van der Waals surface area contributed by atoms with E-state index in [-0.39, 0.29) is 11.6 Å². The van der Waals surface area contributed by atoms with E-state index in [1.54, 1.807) is 0 Å². The number of aliphatic hydroxyl groups excluding tert-OH is 2. The van der Waals surface area contributed by atoms with Crippen LogP contribution in [0, 0.1) is 0 Å². The highest BCUT2D eigenvalue weighted by Gasteiger charge is 2.50. The van der Waals surface area contributed by atoms with Crippen molar-refractivity contribution in [1.29, 1.82) is 0 Å². The third kappa shape index (κ3) is 10.8. The average Bonchev–Trinajstić information content (AvgIpc) is 2.93.